The maximum Gasteiger partial charge on any atom is 0.0393 e. The average Bonchev–Trinajstić information content (AvgIpc) is 1.59. The fourth-order valence-corrected chi connectivity index (χ4v) is 0.959. The molecule has 0 aromatic heterocycles. The van der Waals surface area contributed by atoms with E-state index < -0.39 is 11.1 Å². The van der Waals surface area contributed by atoms with Gasteiger partial charge in [-0.25, -0.2) is 0 Å². The van der Waals surface area contributed by atoms with Gasteiger partial charge in [0, 0.05) is 17.1 Å². The molecule has 0 aliphatic carbocycles. The molecule has 0 aliphatic rings. The van der Waals surface area contributed by atoms with Crippen LogP contribution >= 0.6 is 0 Å². The van der Waals surface area contributed by atoms with Crippen LogP contribution in [0.4, 0.5) is 0 Å². The van der Waals surface area contributed by atoms with Gasteiger partial charge in [-0.1, -0.05) is 0 Å². The van der Waals surface area contributed by atoms with Crippen LogP contribution in [0.15, 0.2) is 0 Å². The van der Waals surface area contributed by atoms with E-state index in [9.17, 15) is 0 Å². The first-order chi connectivity index (χ1) is 4.15. The van der Waals surface area contributed by atoms with Crippen LogP contribution in [0.2, 0.25) is 0 Å². The molecule has 0 unspecified atom stereocenters. The van der Waals surface area contributed by atoms with Gasteiger partial charge in [0.2, 0.25) is 0 Å². The van der Waals surface area contributed by atoms with Crippen LogP contribution in [0.5, 0.6) is 0 Å². The highest BCUT2D eigenvalue weighted by Crippen LogP contribution is 2.13. The molecule has 0 heterocycles. The second kappa shape index (κ2) is 2.49. The van der Waals surface area contributed by atoms with E-state index >= 15 is 0 Å². The molecule has 0 rings (SSSR count). The van der Waals surface area contributed by atoms with Crippen LogP contribution in [0.25, 0.3) is 0 Å². The Morgan fingerprint density at radius 2 is 1.10 bits per heavy atom. The van der Waals surface area contributed by atoms with E-state index in [0.29, 0.717) is 0 Å². The van der Waals surface area contributed by atoms with E-state index in [1.165, 1.54) is 0 Å². The monoisotopic (exact) mass is 145 g/mol. The first-order valence-electron chi connectivity index (χ1n) is 3.49. The maximum absolute atomic E-state index is 5.78. The molecule has 0 atom stereocenters. The maximum atomic E-state index is 5.78. The summed E-state index contributed by atoms with van der Waals surface area (Å²) in [5.41, 5.74) is 16.5. The van der Waals surface area contributed by atoms with Crippen LogP contribution in [-0.4, -0.2) is 17.1 Å². The lowest BCUT2D eigenvalue weighted by atomic mass is 9.83. The lowest BCUT2D eigenvalue weighted by Crippen LogP contribution is -2.64. The zero-order chi connectivity index (χ0) is 8.58. The molecule has 3 nitrogen and oxygen atoms in total. The van der Waals surface area contributed by atoms with Crippen molar-refractivity contribution >= 4 is 0 Å². The average molecular weight is 145 g/mol. The van der Waals surface area contributed by atoms with Gasteiger partial charge in [0.25, 0.3) is 0 Å². The van der Waals surface area contributed by atoms with Crippen molar-refractivity contribution in [2.24, 2.45) is 17.2 Å². The molecule has 3 heteroatoms. The molecule has 0 fully saturated rings. The summed E-state index contributed by atoms with van der Waals surface area (Å²) in [5, 5.41) is 0. The molecule has 10 heavy (non-hydrogen) atoms. The highest BCUT2D eigenvalue weighted by Gasteiger charge is 2.32. The van der Waals surface area contributed by atoms with Gasteiger partial charge in [0.15, 0.2) is 0 Å². The molecule has 62 valence electrons. The minimum atomic E-state index is -0.405. The Morgan fingerprint density at radius 3 is 1.10 bits per heavy atom. The normalized spacial score (nSPS) is 14.4. The smallest absolute Gasteiger partial charge is 0.0393 e. The predicted molar refractivity (Wildman–Crippen MR) is 44.5 cm³/mol. The van der Waals surface area contributed by atoms with E-state index in [1.807, 2.05) is 27.7 Å². The van der Waals surface area contributed by atoms with Crippen molar-refractivity contribution < 1.29 is 0 Å². The van der Waals surface area contributed by atoms with E-state index in [2.05, 4.69) is 0 Å². The van der Waals surface area contributed by atoms with Gasteiger partial charge in [0.05, 0.1) is 0 Å². The number of hydrogen-bond acceptors (Lipinski definition) is 3. The zero-order valence-corrected chi connectivity index (χ0v) is 7.31. The van der Waals surface area contributed by atoms with Crippen LogP contribution < -0.4 is 17.2 Å². The molecule has 0 radical (unpaired) electrons. The van der Waals surface area contributed by atoms with E-state index in [0.717, 1.165) is 0 Å². The molecule has 0 spiro atoms. The molecule has 0 saturated heterocycles. The standard InChI is InChI=1S/C7H19N3/c1-6(2,9)5(8)7(3,4)10/h5H,8-10H2,1-4H3. The largest absolute Gasteiger partial charge is 0.325 e. The van der Waals surface area contributed by atoms with Crippen LogP contribution in [-0.2, 0) is 0 Å². The lowest BCUT2D eigenvalue weighted by molar-refractivity contribution is 0.290. The summed E-state index contributed by atoms with van der Waals surface area (Å²) in [6, 6.07) is -0.181. The second-order valence-electron chi connectivity index (χ2n) is 4.12. The summed E-state index contributed by atoms with van der Waals surface area (Å²) in [6.45, 7) is 7.52. The number of rotatable bonds is 2. The molecule has 0 amide bonds. The van der Waals surface area contributed by atoms with E-state index in [4.69, 9.17) is 17.2 Å². The Kier molecular flexibility index (Phi) is 2.46. The number of hydrogen-bond donors (Lipinski definition) is 3. The SMILES string of the molecule is CC(C)(N)C(N)C(C)(C)N. The minimum Gasteiger partial charge on any atom is -0.325 e. The highest BCUT2D eigenvalue weighted by molar-refractivity contribution is 4.98. The van der Waals surface area contributed by atoms with Crippen molar-refractivity contribution in [2.45, 2.75) is 44.8 Å². The van der Waals surface area contributed by atoms with Crippen molar-refractivity contribution in [3.8, 4) is 0 Å². The van der Waals surface area contributed by atoms with Crippen molar-refractivity contribution in [3.63, 3.8) is 0 Å². The topological polar surface area (TPSA) is 78.1 Å². The Hall–Kier alpha value is -0.120. The van der Waals surface area contributed by atoms with Crippen molar-refractivity contribution in [3.05, 3.63) is 0 Å². The molecular weight excluding hydrogens is 126 g/mol. The minimum absolute atomic E-state index is 0.181. The molecule has 0 aromatic rings. The molecular formula is C7H19N3. The summed E-state index contributed by atoms with van der Waals surface area (Å²) < 4.78 is 0. The Morgan fingerprint density at radius 1 is 0.900 bits per heavy atom. The summed E-state index contributed by atoms with van der Waals surface area (Å²) in [4.78, 5) is 0. The third-order valence-corrected chi connectivity index (χ3v) is 1.60. The quantitative estimate of drug-likeness (QED) is 0.503. The summed E-state index contributed by atoms with van der Waals surface area (Å²) in [5.74, 6) is 0. The summed E-state index contributed by atoms with van der Waals surface area (Å²) >= 11 is 0. The van der Waals surface area contributed by atoms with E-state index in [1.54, 1.807) is 0 Å². The predicted octanol–water partition coefficient (Wildman–Crippen LogP) is -0.212. The fourth-order valence-electron chi connectivity index (χ4n) is 0.959. The van der Waals surface area contributed by atoms with Crippen LogP contribution in [0.3, 0.4) is 0 Å². The summed E-state index contributed by atoms with van der Waals surface area (Å²) in [6.07, 6.45) is 0. The first-order valence-corrected chi connectivity index (χ1v) is 3.49. The highest BCUT2D eigenvalue weighted by atomic mass is 14.9. The Bertz CT molecular complexity index is 93.0. The third kappa shape index (κ3) is 2.64. The Balaban J connectivity index is 4.23. The van der Waals surface area contributed by atoms with E-state index in [-0.39, 0.29) is 6.04 Å². The summed E-state index contributed by atoms with van der Waals surface area (Å²) in [7, 11) is 0. The van der Waals surface area contributed by atoms with Crippen molar-refractivity contribution in [1.82, 2.24) is 0 Å². The van der Waals surface area contributed by atoms with Crippen LogP contribution in [0.1, 0.15) is 27.7 Å². The van der Waals surface area contributed by atoms with Crippen LogP contribution in [0, 0.1) is 0 Å². The zero-order valence-electron chi connectivity index (χ0n) is 7.31. The third-order valence-electron chi connectivity index (χ3n) is 1.60. The van der Waals surface area contributed by atoms with Gasteiger partial charge in [0.1, 0.15) is 0 Å². The molecule has 0 aromatic carbocycles. The molecule has 0 aliphatic heterocycles. The Labute approximate surface area is 62.9 Å². The van der Waals surface area contributed by atoms with Gasteiger partial charge in [-0.2, -0.15) is 0 Å². The molecule has 6 N–H and O–H groups in total. The molecule has 0 bridgehead atoms. The van der Waals surface area contributed by atoms with Crippen molar-refractivity contribution in [1.29, 1.82) is 0 Å². The van der Waals surface area contributed by atoms with Gasteiger partial charge in [-0.15, -0.1) is 0 Å². The van der Waals surface area contributed by atoms with Gasteiger partial charge >= 0.3 is 0 Å². The van der Waals surface area contributed by atoms with Gasteiger partial charge in [-0.05, 0) is 27.7 Å². The first kappa shape index (κ1) is 9.88. The lowest BCUT2D eigenvalue weighted by Gasteiger charge is -2.37. The van der Waals surface area contributed by atoms with Crippen molar-refractivity contribution in [2.75, 3.05) is 0 Å². The second-order valence-corrected chi connectivity index (χ2v) is 4.12. The van der Waals surface area contributed by atoms with Gasteiger partial charge < -0.3 is 17.2 Å². The number of nitrogens with two attached hydrogens (primary N) is 3. The van der Waals surface area contributed by atoms with Gasteiger partial charge in [-0.3, -0.25) is 0 Å². The fraction of sp³-hybridized carbons (Fsp3) is 1.00. The molecule has 0 saturated carbocycles.